The first kappa shape index (κ1) is 18.1. The molecule has 0 saturated heterocycles. The van der Waals surface area contributed by atoms with Gasteiger partial charge in [-0.1, -0.05) is 0 Å². The molecule has 7 nitrogen and oxygen atoms in total. The molecule has 2 aromatic rings. The van der Waals surface area contributed by atoms with E-state index in [0.29, 0.717) is 22.8 Å². The van der Waals surface area contributed by atoms with Crippen molar-refractivity contribution in [1.29, 1.82) is 0 Å². The molecule has 2 heterocycles. The largest absolute Gasteiger partial charge is 0.478 e. The van der Waals surface area contributed by atoms with Crippen LogP contribution in [-0.4, -0.2) is 40.1 Å². The zero-order chi connectivity index (χ0) is 19.0. The molecule has 0 saturated carbocycles. The number of nitrogens with zero attached hydrogens (tertiary/aromatic N) is 1. The predicted molar refractivity (Wildman–Crippen MR) is 96.6 cm³/mol. The second kappa shape index (κ2) is 6.87. The lowest BCUT2D eigenvalue weighted by Gasteiger charge is -2.22. The summed E-state index contributed by atoms with van der Waals surface area (Å²) in [5.41, 5.74) is 1.14. The molecule has 2 amide bonds. The Bertz CT molecular complexity index is 905. The number of carboxylic acids is 1. The maximum Gasteiger partial charge on any atom is 0.339 e. The Morgan fingerprint density at radius 2 is 2.08 bits per heavy atom. The van der Waals surface area contributed by atoms with Crippen molar-refractivity contribution in [1.82, 2.24) is 4.90 Å². The summed E-state index contributed by atoms with van der Waals surface area (Å²) in [4.78, 5) is 37.9. The number of carbonyl (C=O) groups excluding carboxylic acids is 2. The van der Waals surface area contributed by atoms with Crippen LogP contribution in [0.25, 0.3) is 0 Å². The molecule has 2 N–H and O–H groups in total. The van der Waals surface area contributed by atoms with Crippen LogP contribution in [0, 0.1) is 6.92 Å². The van der Waals surface area contributed by atoms with Gasteiger partial charge in [0.2, 0.25) is 5.91 Å². The van der Waals surface area contributed by atoms with E-state index in [-0.39, 0.29) is 29.2 Å². The first-order chi connectivity index (χ1) is 12.3. The quantitative estimate of drug-likeness (QED) is 0.853. The fraction of sp³-hybridized carbons (Fsp3) is 0.278. The van der Waals surface area contributed by atoms with Crippen molar-refractivity contribution < 1.29 is 23.9 Å². The third kappa shape index (κ3) is 3.45. The van der Waals surface area contributed by atoms with E-state index in [1.165, 1.54) is 22.7 Å². The summed E-state index contributed by atoms with van der Waals surface area (Å²) in [7, 11) is 1.61. The molecular weight excluding hydrogens is 356 g/mol. The third-order valence-corrected chi connectivity index (χ3v) is 5.27. The summed E-state index contributed by atoms with van der Waals surface area (Å²) in [6.07, 6.45) is 0. The molecule has 0 spiro atoms. The van der Waals surface area contributed by atoms with Gasteiger partial charge < -0.3 is 19.7 Å². The molecule has 1 aliphatic rings. The van der Waals surface area contributed by atoms with Crippen LogP contribution in [0.15, 0.2) is 33.6 Å². The fourth-order valence-corrected chi connectivity index (χ4v) is 3.63. The highest BCUT2D eigenvalue weighted by Gasteiger charge is 2.24. The van der Waals surface area contributed by atoms with E-state index in [9.17, 15) is 14.4 Å². The number of benzene rings is 1. The number of aromatic carboxylic acids is 1. The number of thioether (sulfide) groups is 1. The van der Waals surface area contributed by atoms with Crippen molar-refractivity contribution in [2.75, 3.05) is 12.4 Å². The molecule has 1 aliphatic heterocycles. The highest BCUT2D eigenvalue weighted by molar-refractivity contribution is 8.00. The van der Waals surface area contributed by atoms with Gasteiger partial charge in [0.05, 0.1) is 17.5 Å². The number of anilines is 1. The Morgan fingerprint density at radius 3 is 2.73 bits per heavy atom. The van der Waals surface area contributed by atoms with Crippen molar-refractivity contribution >= 4 is 35.2 Å². The predicted octanol–water partition coefficient (Wildman–Crippen LogP) is 2.99. The molecule has 136 valence electrons. The van der Waals surface area contributed by atoms with Crippen LogP contribution >= 0.6 is 11.8 Å². The average molecular weight is 374 g/mol. The summed E-state index contributed by atoms with van der Waals surface area (Å²) in [5, 5.41) is 11.7. The number of aryl methyl sites for hydroxylation is 1. The van der Waals surface area contributed by atoms with Crippen molar-refractivity contribution in [3.8, 4) is 0 Å². The topological polar surface area (TPSA) is 99.9 Å². The monoisotopic (exact) mass is 374 g/mol. The number of fused-ring (bicyclic) bond motifs is 1. The molecule has 1 aromatic carbocycles. The summed E-state index contributed by atoms with van der Waals surface area (Å²) in [5.74, 6) is -0.713. The minimum atomic E-state index is -1.07. The van der Waals surface area contributed by atoms with Gasteiger partial charge in [0, 0.05) is 17.5 Å². The van der Waals surface area contributed by atoms with E-state index >= 15 is 0 Å². The second-order valence-corrected chi connectivity index (χ2v) is 7.49. The number of nitrogens with one attached hydrogen (secondary N) is 1. The number of carbonyl (C=O) groups is 3. The Hall–Kier alpha value is -2.74. The number of amides is 2. The summed E-state index contributed by atoms with van der Waals surface area (Å²) in [6, 6.07) is 6.61. The van der Waals surface area contributed by atoms with E-state index in [1.807, 2.05) is 13.0 Å². The smallest absolute Gasteiger partial charge is 0.339 e. The van der Waals surface area contributed by atoms with E-state index in [1.54, 1.807) is 26.1 Å². The summed E-state index contributed by atoms with van der Waals surface area (Å²) in [6.45, 7) is 3.54. The van der Waals surface area contributed by atoms with Gasteiger partial charge in [-0.25, -0.2) is 4.79 Å². The van der Waals surface area contributed by atoms with Gasteiger partial charge in [-0.2, -0.15) is 0 Å². The Balaban J connectivity index is 1.77. The number of hydrogen-bond acceptors (Lipinski definition) is 5. The average Bonchev–Trinajstić information content (AvgIpc) is 2.95. The number of carboxylic acid groups (broad SMARTS) is 1. The molecule has 0 fully saturated rings. The summed E-state index contributed by atoms with van der Waals surface area (Å²) < 4.78 is 5.41. The molecule has 8 heteroatoms. The van der Waals surface area contributed by atoms with Crippen molar-refractivity contribution in [2.24, 2.45) is 0 Å². The van der Waals surface area contributed by atoms with E-state index in [2.05, 4.69) is 5.32 Å². The van der Waals surface area contributed by atoms with Gasteiger partial charge in [-0.3, -0.25) is 9.59 Å². The van der Waals surface area contributed by atoms with Crippen LogP contribution in [-0.2, 0) is 11.3 Å². The van der Waals surface area contributed by atoms with Gasteiger partial charge in [0.15, 0.2) is 0 Å². The zero-order valence-corrected chi connectivity index (χ0v) is 15.3. The minimum absolute atomic E-state index is 0.0866. The van der Waals surface area contributed by atoms with Crippen LogP contribution in [0.4, 0.5) is 5.69 Å². The van der Waals surface area contributed by atoms with Crippen molar-refractivity contribution in [2.45, 2.75) is 30.5 Å². The van der Waals surface area contributed by atoms with Crippen molar-refractivity contribution in [3.05, 3.63) is 46.9 Å². The van der Waals surface area contributed by atoms with Crippen LogP contribution in [0.5, 0.6) is 0 Å². The van der Waals surface area contributed by atoms with Gasteiger partial charge in [-0.15, -0.1) is 11.8 Å². The minimum Gasteiger partial charge on any atom is -0.478 e. The molecule has 1 unspecified atom stereocenters. The number of furan rings is 1. The number of hydrogen-bond donors (Lipinski definition) is 2. The lowest BCUT2D eigenvalue weighted by atomic mass is 10.1. The van der Waals surface area contributed by atoms with Crippen LogP contribution in [0.1, 0.15) is 39.2 Å². The maximum atomic E-state index is 12.7. The normalized spacial score (nSPS) is 16.0. The van der Waals surface area contributed by atoms with Crippen LogP contribution in [0.2, 0.25) is 0 Å². The molecule has 26 heavy (non-hydrogen) atoms. The van der Waals surface area contributed by atoms with Crippen LogP contribution in [0.3, 0.4) is 0 Å². The molecular formula is C18H18N2O5S. The molecule has 0 aliphatic carbocycles. The second-order valence-electron chi connectivity index (χ2n) is 6.11. The lowest BCUT2D eigenvalue weighted by Crippen LogP contribution is -2.28. The Morgan fingerprint density at radius 1 is 1.35 bits per heavy atom. The Labute approximate surface area is 154 Å². The third-order valence-electron chi connectivity index (χ3n) is 4.10. The highest BCUT2D eigenvalue weighted by Crippen LogP contribution is 2.36. The van der Waals surface area contributed by atoms with Gasteiger partial charge in [0.1, 0.15) is 17.1 Å². The molecule has 0 bridgehead atoms. The molecule has 0 radical (unpaired) electrons. The molecule has 1 aromatic heterocycles. The highest BCUT2D eigenvalue weighted by atomic mass is 32.2. The van der Waals surface area contributed by atoms with E-state index in [4.69, 9.17) is 9.52 Å². The van der Waals surface area contributed by atoms with E-state index in [0.717, 1.165) is 4.90 Å². The fourth-order valence-electron chi connectivity index (χ4n) is 2.70. The van der Waals surface area contributed by atoms with Crippen molar-refractivity contribution in [3.63, 3.8) is 0 Å². The van der Waals surface area contributed by atoms with Gasteiger partial charge in [-0.05, 0) is 38.1 Å². The van der Waals surface area contributed by atoms with Gasteiger partial charge in [0.25, 0.3) is 5.91 Å². The Kier molecular flexibility index (Phi) is 4.78. The SMILES string of the molecule is Cc1oc(CN(C)C(=O)c2ccc3c(c2)NC(=O)C(C)S3)cc1C(=O)O. The first-order valence-electron chi connectivity index (χ1n) is 7.96. The standard InChI is InChI=1S/C18H18N2O5S/c1-9-13(18(23)24)7-12(25-9)8-20(3)17(22)11-4-5-15-14(6-11)19-16(21)10(2)26-15/h4-7,10H,8H2,1-3H3,(H,19,21)(H,23,24). The molecule has 3 rings (SSSR count). The zero-order valence-electron chi connectivity index (χ0n) is 14.5. The van der Waals surface area contributed by atoms with Crippen LogP contribution < -0.4 is 5.32 Å². The molecule has 1 atom stereocenters. The van der Waals surface area contributed by atoms with Gasteiger partial charge >= 0.3 is 5.97 Å². The number of rotatable bonds is 4. The summed E-state index contributed by atoms with van der Waals surface area (Å²) >= 11 is 1.45. The van der Waals surface area contributed by atoms with E-state index < -0.39 is 5.97 Å². The first-order valence-corrected chi connectivity index (χ1v) is 8.84. The maximum absolute atomic E-state index is 12.7. The lowest BCUT2D eigenvalue weighted by molar-refractivity contribution is -0.115.